The maximum absolute atomic E-state index is 10.2. The summed E-state index contributed by atoms with van der Waals surface area (Å²) in [5.41, 5.74) is 0. The molecule has 0 aliphatic heterocycles. The molecule has 0 saturated carbocycles. The maximum atomic E-state index is 10.2. The Morgan fingerprint density at radius 1 is 0.750 bits per heavy atom. The van der Waals surface area contributed by atoms with E-state index in [2.05, 4.69) is 16.8 Å². The van der Waals surface area contributed by atoms with Gasteiger partial charge in [-0.3, -0.25) is 0 Å². The molecule has 0 unspecified atom stereocenters. The van der Waals surface area contributed by atoms with Crippen molar-refractivity contribution in [3.8, 4) is 0 Å². The van der Waals surface area contributed by atoms with E-state index in [9.17, 15) is 14.4 Å². The van der Waals surface area contributed by atoms with Crippen molar-refractivity contribution in [2.24, 2.45) is 0 Å². The van der Waals surface area contributed by atoms with E-state index >= 15 is 0 Å². The molecular formula is C18H40NNa2O6P. The summed E-state index contributed by atoms with van der Waals surface area (Å²) in [6.45, 7) is 3.70. The van der Waals surface area contributed by atoms with Crippen molar-refractivity contribution < 1.29 is 88.2 Å². The van der Waals surface area contributed by atoms with Crippen LogP contribution in [0.25, 0.3) is 0 Å². The molecule has 0 radical (unpaired) electrons. The number of unbranched alkanes of at least 4 members (excludes halogenated alkanes) is 11. The van der Waals surface area contributed by atoms with E-state index in [4.69, 9.17) is 10.2 Å². The summed E-state index contributed by atoms with van der Waals surface area (Å²) in [5.74, 6) is 0. The molecule has 0 spiro atoms. The number of aliphatic hydroxyl groups excluding tert-OH is 2. The van der Waals surface area contributed by atoms with E-state index in [0.29, 0.717) is 19.5 Å². The Hall–Kier alpha value is 1.99. The summed E-state index contributed by atoms with van der Waals surface area (Å²) in [7, 11) is -4.75. The molecule has 0 atom stereocenters. The molecule has 0 heterocycles. The molecule has 160 valence electrons. The molecule has 3 N–H and O–H groups in total. The zero-order valence-corrected chi connectivity index (χ0v) is 23.4. The molecule has 10 heteroatoms. The third kappa shape index (κ3) is 42.2. The zero-order chi connectivity index (χ0) is 19.9. The van der Waals surface area contributed by atoms with E-state index in [1.807, 2.05) is 0 Å². The van der Waals surface area contributed by atoms with E-state index in [-0.39, 0.29) is 78.9 Å². The van der Waals surface area contributed by atoms with Crippen LogP contribution in [0.1, 0.15) is 84.0 Å². The minimum atomic E-state index is -4.75. The maximum Gasteiger partial charge on any atom is 1.00 e. The van der Waals surface area contributed by atoms with Crippen LogP contribution in [0.2, 0.25) is 0 Å². The molecule has 0 bridgehead atoms. The summed E-state index contributed by atoms with van der Waals surface area (Å²) in [5, 5.41) is 19.1. The van der Waals surface area contributed by atoms with Gasteiger partial charge in [-0.25, -0.2) is 0 Å². The fourth-order valence-electron chi connectivity index (χ4n) is 2.40. The first kappa shape index (κ1) is 37.3. The molecule has 0 rings (SSSR count). The van der Waals surface area contributed by atoms with Crippen molar-refractivity contribution in [1.82, 2.24) is 5.32 Å². The number of nitrogens with one attached hydrogen (secondary N) is 1. The van der Waals surface area contributed by atoms with Crippen molar-refractivity contribution in [2.45, 2.75) is 84.0 Å². The third-order valence-corrected chi connectivity index (χ3v) is 4.32. The van der Waals surface area contributed by atoms with Crippen LogP contribution >= 0.6 is 7.82 Å². The second-order valence-corrected chi connectivity index (χ2v) is 7.52. The third-order valence-electron chi connectivity index (χ3n) is 3.82. The van der Waals surface area contributed by atoms with Crippen LogP contribution < -0.4 is 74.2 Å². The van der Waals surface area contributed by atoms with Gasteiger partial charge in [-0.05, 0) is 6.42 Å². The summed E-state index contributed by atoms with van der Waals surface area (Å²) in [4.78, 5) is 20.4. The van der Waals surface area contributed by atoms with Crippen LogP contribution in [0.3, 0.4) is 0 Å². The Balaban J connectivity index is -0.000000274. The normalized spacial score (nSPS) is 10.5. The quantitative estimate of drug-likeness (QED) is 0.112. The smallest absolute Gasteiger partial charge is 0.790 e. The van der Waals surface area contributed by atoms with Crippen LogP contribution in [0.15, 0.2) is 0 Å². The molecular weight excluding hydrogens is 403 g/mol. The number of phosphoric ester groups is 1. The Bertz CT molecular complexity index is 308. The van der Waals surface area contributed by atoms with Crippen LogP contribution in [0.4, 0.5) is 0 Å². The molecule has 0 aromatic carbocycles. The molecule has 0 aliphatic rings. The van der Waals surface area contributed by atoms with E-state index in [1.54, 1.807) is 0 Å². The van der Waals surface area contributed by atoms with Crippen molar-refractivity contribution in [3.63, 3.8) is 0 Å². The Morgan fingerprint density at radius 2 is 1.11 bits per heavy atom. The van der Waals surface area contributed by atoms with Gasteiger partial charge in [0.1, 0.15) is 0 Å². The van der Waals surface area contributed by atoms with Crippen molar-refractivity contribution in [1.29, 1.82) is 0 Å². The first-order valence-corrected chi connectivity index (χ1v) is 11.5. The van der Waals surface area contributed by atoms with Gasteiger partial charge in [-0.1, -0.05) is 77.6 Å². The molecule has 0 saturated heterocycles. The molecule has 0 amide bonds. The second kappa shape index (κ2) is 31.2. The summed E-state index contributed by atoms with van der Waals surface area (Å²) in [6, 6.07) is 0. The van der Waals surface area contributed by atoms with Gasteiger partial charge in [0, 0.05) is 13.1 Å². The Kier molecular flexibility index (Phi) is 41.5. The number of hydrogen-bond donors (Lipinski definition) is 3. The molecule has 0 aromatic heterocycles. The van der Waals surface area contributed by atoms with Crippen LogP contribution in [0, 0.1) is 0 Å². The molecule has 0 fully saturated rings. The van der Waals surface area contributed by atoms with Crippen molar-refractivity contribution in [3.05, 3.63) is 0 Å². The van der Waals surface area contributed by atoms with Crippen LogP contribution in [0.5, 0.6) is 0 Å². The number of rotatable bonds is 18. The first-order valence-electron chi connectivity index (χ1n) is 10.1. The first-order chi connectivity index (χ1) is 12.5. The van der Waals surface area contributed by atoms with Gasteiger partial charge in [-0.15, -0.1) is 0 Å². The van der Waals surface area contributed by atoms with Crippen molar-refractivity contribution >= 4 is 7.82 Å². The minimum Gasteiger partial charge on any atom is -0.790 e. The molecule has 0 aliphatic carbocycles. The molecule has 0 aromatic rings. The van der Waals surface area contributed by atoms with Crippen molar-refractivity contribution in [2.75, 3.05) is 32.9 Å². The van der Waals surface area contributed by atoms with Gasteiger partial charge in [-0.2, -0.15) is 0 Å². The monoisotopic (exact) mass is 443 g/mol. The number of aliphatic hydroxyl groups is 2. The second-order valence-electron chi connectivity index (χ2n) is 6.37. The number of hydrogen-bond acceptors (Lipinski definition) is 7. The van der Waals surface area contributed by atoms with Gasteiger partial charge in [0.2, 0.25) is 0 Å². The fraction of sp³-hybridized carbons (Fsp3) is 1.00. The average molecular weight is 443 g/mol. The standard InChI is InChI=1S/C14H31O4P.C4H11NO2.2Na/c1-2-3-4-5-6-7-8-9-10-11-12-13-14-18-19(15,16)17;6-3-1-5-2-4-7;;/h2-14H2,1H3,(H2,15,16,17);5-7H,1-4H2;;/q;;2*+1/p-2. The minimum absolute atomic E-state index is 0. The molecule has 28 heavy (non-hydrogen) atoms. The number of phosphoric acid groups is 1. The zero-order valence-electron chi connectivity index (χ0n) is 18.5. The predicted molar refractivity (Wildman–Crippen MR) is 102 cm³/mol. The van der Waals surface area contributed by atoms with Gasteiger partial charge in [0.25, 0.3) is 0 Å². The summed E-state index contributed by atoms with van der Waals surface area (Å²) in [6.07, 6.45) is 14.6. The summed E-state index contributed by atoms with van der Waals surface area (Å²) >= 11 is 0. The van der Waals surface area contributed by atoms with Gasteiger partial charge in [0.15, 0.2) is 0 Å². The van der Waals surface area contributed by atoms with Crippen LogP contribution in [-0.4, -0.2) is 43.1 Å². The van der Waals surface area contributed by atoms with E-state index in [1.165, 1.54) is 57.8 Å². The van der Waals surface area contributed by atoms with Gasteiger partial charge >= 0.3 is 59.1 Å². The fourth-order valence-corrected chi connectivity index (χ4v) is 2.76. The molecule has 7 nitrogen and oxygen atoms in total. The topological polar surface area (TPSA) is 125 Å². The van der Waals surface area contributed by atoms with E-state index in [0.717, 1.165) is 12.8 Å². The van der Waals surface area contributed by atoms with Gasteiger partial charge < -0.3 is 34.4 Å². The van der Waals surface area contributed by atoms with Crippen LogP contribution in [-0.2, 0) is 9.09 Å². The van der Waals surface area contributed by atoms with Gasteiger partial charge in [0.05, 0.1) is 27.6 Å². The Labute approximate surface area is 216 Å². The average Bonchev–Trinajstić information content (AvgIpc) is 2.59. The SMILES string of the molecule is CCCCCCCCCCCCCCOP(=O)([O-])[O-].OCCNCCO.[Na+].[Na+]. The largest absolute Gasteiger partial charge is 1.00 e. The summed E-state index contributed by atoms with van der Waals surface area (Å²) < 4.78 is 14.3. The van der Waals surface area contributed by atoms with E-state index < -0.39 is 7.82 Å². The predicted octanol–water partition coefficient (Wildman–Crippen LogP) is -3.90. The Morgan fingerprint density at radius 3 is 1.43 bits per heavy atom.